The van der Waals surface area contributed by atoms with Crippen molar-refractivity contribution in [2.24, 2.45) is 0 Å². The Balaban J connectivity index is 1.38. The van der Waals surface area contributed by atoms with Crippen LogP contribution in [0.3, 0.4) is 0 Å². The van der Waals surface area contributed by atoms with Crippen LogP contribution < -0.4 is 14.2 Å². The Morgan fingerprint density at radius 1 is 0.909 bits per heavy atom. The first-order chi connectivity index (χ1) is 16.1. The monoisotopic (exact) mass is 446 g/mol. The molecule has 0 aliphatic rings. The average molecular weight is 446 g/mol. The van der Waals surface area contributed by atoms with Gasteiger partial charge < -0.3 is 18.6 Å². The third kappa shape index (κ3) is 5.80. The molecule has 33 heavy (non-hydrogen) atoms. The Kier molecular flexibility index (Phi) is 7.05. The number of para-hydroxylation sites is 1. The SMILES string of the molecule is CCOc1cc(C=CC(=O)c2cc3ccccc3o2)ccc1OCCOc1ccc(F)cc1. The highest BCUT2D eigenvalue weighted by molar-refractivity contribution is 6.07. The van der Waals surface area contributed by atoms with Gasteiger partial charge in [0.1, 0.15) is 30.4 Å². The molecule has 0 atom stereocenters. The largest absolute Gasteiger partial charge is 0.490 e. The zero-order valence-corrected chi connectivity index (χ0v) is 18.1. The van der Waals surface area contributed by atoms with Crippen LogP contribution in [0.5, 0.6) is 17.2 Å². The Bertz CT molecular complexity index is 1220. The second-order valence-corrected chi connectivity index (χ2v) is 7.14. The number of hydrogen-bond acceptors (Lipinski definition) is 5. The van der Waals surface area contributed by atoms with E-state index < -0.39 is 0 Å². The second kappa shape index (κ2) is 10.5. The number of fused-ring (bicyclic) bond motifs is 1. The van der Waals surface area contributed by atoms with Crippen molar-refractivity contribution < 1.29 is 27.8 Å². The molecule has 6 heteroatoms. The molecule has 1 aromatic heterocycles. The van der Waals surface area contributed by atoms with Crippen LogP contribution in [0.15, 0.2) is 83.3 Å². The molecule has 4 rings (SSSR count). The van der Waals surface area contributed by atoms with Gasteiger partial charge in [0.15, 0.2) is 17.3 Å². The van der Waals surface area contributed by atoms with Crippen molar-refractivity contribution in [2.75, 3.05) is 19.8 Å². The summed E-state index contributed by atoms with van der Waals surface area (Å²) in [4.78, 5) is 12.5. The van der Waals surface area contributed by atoms with E-state index in [1.807, 2.05) is 43.3 Å². The number of benzene rings is 3. The molecule has 1 heterocycles. The van der Waals surface area contributed by atoms with Gasteiger partial charge in [-0.15, -0.1) is 0 Å². The van der Waals surface area contributed by atoms with Gasteiger partial charge in [0.25, 0.3) is 0 Å². The Hall–Kier alpha value is -4.06. The predicted octanol–water partition coefficient (Wildman–Crippen LogP) is 6.32. The van der Waals surface area contributed by atoms with Gasteiger partial charge in [0, 0.05) is 5.39 Å². The molecule has 0 N–H and O–H groups in total. The lowest BCUT2D eigenvalue weighted by atomic mass is 10.1. The van der Waals surface area contributed by atoms with E-state index in [9.17, 15) is 9.18 Å². The molecular weight excluding hydrogens is 423 g/mol. The summed E-state index contributed by atoms with van der Waals surface area (Å²) in [6.07, 6.45) is 3.18. The van der Waals surface area contributed by atoms with Crippen LogP contribution in [0, 0.1) is 5.82 Å². The van der Waals surface area contributed by atoms with Crippen LogP contribution in [0.2, 0.25) is 0 Å². The fraction of sp³-hybridized carbons (Fsp3) is 0.148. The third-order valence-electron chi connectivity index (χ3n) is 4.79. The fourth-order valence-electron chi connectivity index (χ4n) is 3.22. The van der Waals surface area contributed by atoms with Gasteiger partial charge in [-0.2, -0.15) is 0 Å². The molecule has 0 fully saturated rings. The number of halogens is 1. The molecule has 168 valence electrons. The number of ether oxygens (including phenoxy) is 3. The summed E-state index contributed by atoms with van der Waals surface area (Å²) < 4.78 is 35.6. The highest BCUT2D eigenvalue weighted by Gasteiger charge is 2.10. The number of ketones is 1. The maximum atomic E-state index is 13.0. The van der Waals surface area contributed by atoms with Crippen molar-refractivity contribution in [3.05, 3.63) is 96.0 Å². The molecule has 0 aliphatic carbocycles. The molecule has 0 radical (unpaired) electrons. The lowest BCUT2D eigenvalue weighted by Gasteiger charge is -2.13. The van der Waals surface area contributed by atoms with Crippen LogP contribution in [-0.4, -0.2) is 25.6 Å². The first kappa shape index (κ1) is 22.1. The molecule has 0 bridgehead atoms. The zero-order valence-electron chi connectivity index (χ0n) is 18.1. The second-order valence-electron chi connectivity index (χ2n) is 7.14. The van der Waals surface area contributed by atoms with Crippen molar-refractivity contribution in [2.45, 2.75) is 6.92 Å². The highest BCUT2D eigenvalue weighted by atomic mass is 19.1. The van der Waals surface area contributed by atoms with E-state index in [1.165, 1.54) is 18.2 Å². The Morgan fingerprint density at radius 3 is 2.48 bits per heavy atom. The van der Waals surface area contributed by atoms with E-state index >= 15 is 0 Å². The van der Waals surface area contributed by atoms with Gasteiger partial charge in [0.2, 0.25) is 5.78 Å². The smallest absolute Gasteiger partial charge is 0.221 e. The zero-order chi connectivity index (χ0) is 23.0. The van der Waals surface area contributed by atoms with E-state index in [2.05, 4.69) is 0 Å². The Morgan fingerprint density at radius 2 is 1.70 bits per heavy atom. The number of allylic oxidation sites excluding steroid dienone is 1. The number of carbonyl (C=O) groups excluding carboxylic acids is 1. The number of rotatable bonds is 10. The minimum atomic E-state index is -0.312. The molecule has 5 nitrogen and oxygen atoms in total. The van der Waals surface area contributed by atoms with Crippen molar-refractivity contribution in [1.29, 1.82) is 0 Å². The molecule has 0 aliphatic heterocycles. The summed E-state index contributed by atoms with van der Waals surface area (Å²) >= 11 is 0. The maximum Gasteiger partial charge on any atom is 0.221 e. The minimum Gasteiger partial charge on any atom is -0.490 e. The minimum absolute atomic E-state index is 0.220. The number of furan rings is 1. The highest BCUT2D eigenvalue weighted by Crippen LogP contribution is 2.29. The van der Waals surface area contributed by atoms with E-state index in [0.717, 1.165) is 10.9 Å². The quantitative estimate of drug-likeness (QED) is 0.162. The summed E-state index contributed by atoms with van der Waals surface area (Å²) in [5, 5.41) is 0.887. The standard InChI is InChI=1S/C27H23FO5/c1-2-30-27-17-19(7-13-23(29)26-18-20-5-3-4-6-24(20)33-26)8-14-25(27)32-16-15-31-22-11-9-21(28)10-12-22/h3-14,17-18H,2,15-16H2,1H3. The molecule has 0 saturated carbocycles. The van der Waals surface area contributed by atoms with Crippen LogP contribution in [-0.2, 0) is 0 Å². The summed E-state index contributed by atoms with van der Waals surface area (Å²) in [5.41, 5.74) is 1.47. The molecule has 0 saturated heterocycles. The topological polar surface area (TPSA) is 57.9 Å². The van der Waals surface area contributed by atoms with Crippen molar-refractivity contribution in [3.63, 3.8) is 0 Å². The van der Waals surface area contributed by atoms with E-state index in [4.69, 9.17) is 18.6 Å². The van der Waals surface area contributed by atoms with Crippen LogP contribution >= 0.6 is 0 Å². The van der Waals surface area contributed by atoms with Crippen molar-refractivity contribution in [3.8, 4) is 17.2 Å². The number of carbonyl (C=O) groups is 1. The van der Waals surface area contributed by atoms with Crippen molar-refractivity contribution in [1.82, 2.24) is 0 Å². The molecule has 0 spiro atoms. The fourth-order valence-corrected chi connectivity index (χ4v) is 3.22. The van der Waals surface area contributed by atoms with E-state index in [1.54, 1.807) is 30.3 Å². The van der Waals surface area contributed by atoms with E-state index in [-0.39, 0.29) is 18.2 Å². The molecular formula is C27H23FO5. The summed E-state index contributed by atoms with van der Waals surface area (Å²) in [6, 6.07) is 20.5. The molecule has 4 aromatic rings. The summed E-state index contributed by atoms with van der Waals surface area (Å²) in [7, 11) is 0. The van der Waals surface area contributed by atoms with Gasteiger partial charge in [-0.05, 0) is 67.1 Å². The molecule has 0 amide bonds. The lowest BCUT2D eigenvalue weighted by molar-refractivity contribution is 0.102. The number of hydrogen-bond donors (Lipinski definition) is 0. The Labute approximate surface area is 191 Å². The van der Waals surface area contributed by atoms with E-state index in [0.29, 0.717) is 41.8 Å². The first-order valence-electron chi connectivity index (χ1n) is 10.6. The average Bonchev–Trinajstić information content (AvgIpc) is 3.27. The summed E-state index contributed by atoms with van der Waals surface area (Å²) in [5.74, 6) is 1.46. The van der Waals surface area contributed by atoms with Gasteiger partial charge >= 0.3 is 0 Å². The lowest BCUT2D eigenvalue weighted by Crippen LogP contribution is -2.10. The van der Waals surface area contributed by atoms with Crippen LogP contribution in [0.25, 0.3) is 17.0 Å². The first-order valence-corrected chi connectivity index (χ1v) is 10.6. The summed E-state index contributed by atoms with van der Waals surface area (Å²) in [6.45, 7) is 2.94. The van der Waals surface area contributed by atoms with Gasteiger partial charge in [-0.3, -0.25) is 4.79 Å². The van der Waals surface area contributed by atoms with Crippen LogP contribution in [0.4, 0.5) is 4.39 Å². The van der Waals surface area contributed by atoms with Crippen molar-refractivity contribution >= 4 is 22.8 Å². The normalized spacial score (nSPS) is 11.1. The van der Waals surface area contributed by atoms with Gasteiger partial charge in [-0.1, -0.05) is 30.3 Å². The van der Waals surface area contributed by atoms with Crippen LogP contribution in [0.1, 0.15) is 23.0 Å². The third-order valence-corrected chi connectivity index (χ3v) is 4.79. The molecule has 0 unspecified atom stereocenters. The predicted molar refractivity (Wildman–Crippen MR) is 125 cm³/mol. The van der Waals surface area contributed by atoms with Gasteiger partial charge in [-0.25, -0.2) is 4.39 Å². The van der Waals surface area contributed by atoms with Gasteiger partial charge in [0.05, 0.1) is 6.61 Å². The molecule has 3 aromatic carbocycles. The maximum absolute atomic E-state index is 13.0.